The average molecular weight is 338 g/mol. The largest absolute Gasteiger partial charge is 0.349 e. The van der Waals surface area contributed by atoms with E-state index in [0.29, 0.717) is 5.56 Å². The van der Waals surface area contributed by atoms with E-state index in [1.807, 2.05) is 55.5 Å². The molecule has 2 unspecified atom stereocenters. The standard InChI is InChI=1S/C21H26N2O2/c1-15(2)20(17-10-6-4-7-11-17)23-19(24)14-16(3)22-21(25)18-12-8-5-9-13-18/h4-13,15-16,20H,14H2,1-3H3,(H,22,25)(H,23,24). The fourth-order valence-electron chi connectivity index (χ4n) is 2.75. The Morgan fingerprint density at radius 1 is 0.840 bits per heavy atom. The first kappa shape index (κ1) is 18.7. The van der Waals surface area contributed by atoms with Gasteiger partial charge in [0.25, 0.3) is 5.91 Å². The third-order valence-corrected chi connectivity index (χ3v) is 4.05. The van der Waals surface area contributed by atoms with Gasteiger partial charge in [0.2, 0.25) is 5.91 Å². The molecule has 0 aliphatic heterocycles. The van der Waals surface area contributed by atoms with Gasteiger partial charge in [0, 0.05) is 18.0 Å². The third-order valence-electron chi connectivity index (χ3n) is 4.05. The van der Waals surface area contributed by atoms with E-state index >= 15 is 0 Å². The number of rotatable bonds is 7. The molecule has 2 aromatic carbocycles. The second kappa shape index (κ2) is 9.02. The van der Waals surface area contributed by atoms with Crippen molar-refractivity contribution in [2.45, 2.75) is 39.3 Å². The predicted molar refractivity (Wildman–Crippen MR) is 100 cm³/mol. The van der Waals surface area contributed by atoms with Gasteiger partial charge >= 0.3 is 0 Å². The summed E-state index contributed by atoms with van der Waals surface area (Å²) in [5.74, 6) is 0.0494. The van der Waals surface area contributed by atoms with E-state index in [1.54, 1.807) is 12.1 Å². The number of hydrogen-bond donors (Lipinski definition) is 2. The summed E-state index contributed by atoms with van der Waals surface area (Å²) in [6, 6.07) is 18.7. The fraction of sp³-hybridized carbons (Fsp3) is 0.333. The molecule has 2 aromatic rings. The highest BCUT2D eigenvalue weighted by Gasteiger charge is 2.20. The second-order valence-electron chi connectivity index (χ2n) is 6.64. The Balaban J connectivity index is 1.91. The van der Waals surface area contributed by atoms with Gasteiger partial charge in [-0.2, -0.15) is 0 Å². The number of benzene rings is 2. The fourth-order valence-corrected chi connectivity index (χ4v) is 2.75. The molecular formula is C21H26N2O2. The van der Waals surface area contributed by atoms with Gasteiger partial charge in [-0.25, -0.2) is 0 Å². The number of carbonyl (C=O) groups excluding carboxylic acids is 2. The zero-order chi connectivity index (χ0) is 18.2. The van der Waals surface area contributed by atoms with Gasteiger partial charge in [-0.3, -0.25) is 9.59 Å². The van der Waals surface area contributed by atoms with E-state index < -0.39 is 0 Å². The van der Waals surface area contributed by atoms with Crippen LogP contribution in [-0.4, -0.2) is 17.9 Å². The highest BCUT2D eigenvalue weighted by Crippen LogP contribution is 2.21. The van der Waals surface area contributed by atoms with Crippen molar-refractivity contribution in [1.29, 1.82) is 0 Å². The molecule has 0 aromatic heterocycles. The van der Waals surface area contributed by atoms with E-state index in [-0.39, 0.29) is 36.2 Å². The summed E-state index contributed by atoms with van der Waals surface area (Å²) in [5, 5.41) is 5.96. The molecule has 2 amide bonds. The minimum atomic E-state index is -0.240. The Labute approximate surface area is 149 Å². The Kier molecular flexibility index (Phi) is 6.75. The molecule has 0 saturated carbocycles. The summed E-state index contributed by atoms with van der Waals surface area (Å²) in [6.07, 6.45) is 0.245. The van der Waals surface area contributed by atoms with Gasteiger partial charge in [-0.05, 0) is 30.5 Å². The quantitative estimate of drug-likeness (QED) is 0.808. The van der Waals surface area contributed by atoms with Crippen LogP contribution in [0.5, 0.6) is 0 Å². The Morgan fingerprint density at radius 3 is 1.96 bits per heavy atom. The molecule has 0 spiro atoms. The monoisotopic (exact) mass is 338 g/mol. The maximum atomic E-state index is 12.4. The molecule has 0 saturated heterocycles. The molecule has 2 N–H and O–H groups in total. The van der Waals surface area contributed by atoms with E-state index in [9.17, 15) is 9.59 Å². The molecule has 0 fully saturated rings. The van der Waals surface area contributed by atoms with Crippen molar-refractivity contribution in [1.82, 2.24) is 10.6 Å². The van der Waals surface area contributed by atoms with Crippen LogP contribution in [0.3, 0.4) is 0 Å². The molecule has 0 bridgehead atoms. The van der Waals surface area contributed by atoms with Crippen molar-refractivity contribution in [3.05, 3.63) is 71.8 Å². The van der Waals surface area contributed by atoms with Gasteiger partial charge in [0.1, 0.15) is 0 Å². The number of nitrogens with one attached hydrogen (secondary N) is 2. The lowest BCUT2D eigenvalue weighted by atomic mass is 9.96. The summed E-state index contributed by atoms with van der Waals surface area (Å²) in [5.41, 5.74) is 1.69. The second-order valence-corrected chi connectivity index (χ2v) is 6.64. The molecule has 2 atom stereocenters. The molecule has 0 aliphatic carbocycles. The summed E-state index contributed by atoms with van der Waals surface area (Å²) in [4.78, 5) is 24.5. The minimum Gasteiger partial charge on any atom is -0.349 e. The smallest absolute Gasteiger partial charge is 0.251 e. The lowest BCUT2D eigenvalue weighted by Crippen LogP contribution is -2.39. The van der Waals surface area contributed by atoms with Crippen molar-refractivity contribution in [2.75, 3.05) is 0 Å². The maximum Gasteiger partial charge on any atom is 0.251 e. The van der Waals surface area contributed by atoms with Crippen LogP contribution >= 0.6 is 0 Å². The normalized spacial score (nSPS) is 13.1. The Bertz CT molecular complexity index is 684. The van der Waals surface area contributed by atoms with Gasteiger partial charge in [0.15, 0.2) is 0 Å². The molecule has 4 heteroatoms. The molecule has 4 nitrogen and oxygen atoms in total. The lowest BCUT2D eigenvalue weighted by Gasteiger charge is -2.24. The van der Waals surface area contributed by atoms with Crippen molar-refractivity contribution in [2.24, 2.45) is 5.92 Å². The highest BCUT2D eigenvalue weighted by molar-refractivity contribution is 5.94. The topological polar surface area (TPSA) is 58.2 Å². The summed E-state index contributed by atoms with van der Waals surface area (Å²) >= 11 is 0. The number of carbonyl (C=O) groups is 2. The molecular weight excluding hydrogens is 312 g/mol. The summed E-state index contributed by atoms with van der Waals surface area (Å²) in [6.45, 7) is 6.00. The molecule has 25 heavy (non-hydrogen) atoms. The first-order chi connectivity index (χ1) is 12.0. The molecule has 132 valence electrons. The van der Waals surface area contributed by atoms with Crippen LogP contribution < -0.4 is 10.6 Å². The van der Waals surface area contributed by atoms with Crippen LogP contribution in [0.25, 0.3) is 0 Å². The predicted octanol–water partition coefficient (Wildman–Crippen LogP) is 3.71. The van der Waals surface area contributed by atoms with Gasteiger partial charge in [-0.1, -0.05) is 62.4 Å². The van der Waals surface area contributed by atoms with Gasteiger partial charge in [0.05, 0.1) is 6.04 Å². The average Bonchev–Trinajstić information content (AvgIpc) is 2.60. The SMILES string of the molecule is CC(CC(=O)NC(c1ccccc1)C(C)C)NC(=O)c1ccccc1. The van der Waals surface area contributed by atoms with Crippen molar-refractivity contribution in [3.63, 3.8) is 0 Å². The zero-order valence-electron chi connectivity index (χ0n) is 15.0. The van der Waals surface area contributed by atoms with Crippen LogP contribution in [0.1, 0.15) is 49.2 Å². The summed E-state index contributed by atoms with van der Waals surface area (Å²) in [7, 11) is 0. The van der Waals surface area contributed by atoms with Crippen molar-refractivity contribution in [3.8, 4) is 0 Å². The molecule has 2 rings (SSSR count). The van der Waals surface area contributed by atoms with Crippen molar-refractivity contribution < 1.29 is 9.59 Å². The van der Waals surface area contributed by atoms with E-state index in [0.717, 1.165) is 5.56 Å². The van der Waals surface area contributed by atoms with Gasteiger partial charge in [-0.15, -0.1) is 0 Å². The van der Waals surface area contributed by atoms with E-state index in [4.69, 9.17) is 0 Å². The number of amides is 2. The maximum absolute atomic E-state index is 12.4. The summed E-state index contributed by atoms with van der Waals surface area (Å²) < 4.78 is 0. The van der Waals surface area contributed by atoms with E-state index in [1.165, 1.54) is 0 Å². The number of hydrogen-bond acceptors (Lipinski definition) is 2. The lowest BCUT2D eigenvalue weighted by molar-refractivity contribution is -0.122. The molecule has 0 aliphatic rings. The van der Waals surface area contributed by atoms with Crippen LogP contribution in [0, 0.1) is 5.92 Å². The van der Waals surface area contributed by atoms with Crippen LogP contribution in [0.15, 0.2) is 60.7 Å². The van der Waals surface area contributed by atoms with Crippen LogP contribution in [-0.2, 0) is 4.79 Å². The third kappa shape index (κ3) is 5.75. The van der Waals surface area contributed by atoms with Gasteiger partial charge < -0.3 is 10.6 Å². The first-order valence-electron chi connectivity index (χ1n) is 8.67. The Hall–Kier alpha value is -2.62. The zero-order valence-corrected chi connectivity index (χ0v) is 15.0. The Morgan fingerprint density at radius 2 is 1.40 bits per heavy atom. The molecule has 0 radical (unpaired) electrons. The first-order valence-corrected chi connectivity index (χ1v) is 8.67. The minimum absolute atomic E-state index is 0.0364. The van der Waals surface area contributed by atoms with Crippen LogP contribution in [0.2, 0.25) is 0 Å². The van der Waals surface area contributed by atoms with Crippen LogP contribution in [0.4, 0.5) is 0 Å². The molecule has 0 heterocycles. The van der Waals surface area contributed by atoms with E-state index in [2.05, 4.69) is 24.5 Å². The van der Waals surface area contributed by atoms with Crippen molar-refractivity contribution >= 4 is 11.8 Å². The highest BCUT2D eigenvalue weighted by atomic mass is 16.2.